The highest BCUT2D eigenvalue weighted by atomic mass is 16.5. The molecule has 0 saturated carbocycles. The molecule has 0 fully saturated rings. The second kappa shape index (κ2) is 6.98. The van der Waals surface area contributed by atoms with E-state index in [2.05, 4.69) is 9.97 Å². The molecule has 22 heavy (non-hydrogen) atoms. The molecule has 0 amide bonds. The Hall–Kier alpha value is -2.50. The number of benzene rings is 1. The van der Waals surface area contributed by atoms with Gasteiger partial charge in [-0.25, -0.2) is 4.79 Å². The molecule has 1 heterocycles. The summed E-state index contributed by atoms with van der Waals surface area (Å²) in [5.74, 6) is 1.33. The third-order valence-corrected chi connectivity index (χ3v) is 3.24. The van der Waals surface area contributed by atoms with Gasteiger partial charge in [-0.3, -0.25) is 9.78 Å². The lowest BCUT2D eigenvalue weighted by Crippen LogP contribution is -2.27. The highest BCUT2D eigenvalue weighted by molar-refractivity contribution is 5.44. The zero-order valence-corrected chi connectivity index (χ0v) is 13.0. The van der Waals surface area contributed by atoms with E-state index in [1.807, 2.05) is 32.0 Å². The summed E-state index contributed by atoms with van der Waals surface area (Å²) in [6.07, 6.45) is 0.407. The molecule has 118 valence electrons. The highest BCUT2D eigenvalue weighted by Crippen LogP contribution is 2.29. The van der Waals surface area contributed by atoms with Crippen molar-refractivity contribution in [3.8, 4) is 11.5 Å². The van der Waals surface area contributed by atoms with Crippen LogP contribution < -0.4 is 20.7 Å². The monoisotopic (exact) mass is 304 g/mol. The van der Waals surface area contributed by atoms with Gasteiger partial charge in [0.1, 0.15) is 0 Å². The van der Waals surface area contributed by atoms with Crippen molar-refractivity contribution in [1.29, 1.82) is 0 Å². The van der Waals surface area contributed by atoms with Gasteiger partial charge in [0.25, 0.3) is 5.56 Å². The maximum atomic E-state index is 11.9. The number of hydrogen-bond donors (Lipinski definition) is 2. The van der Waals surface area contributed by atoms with Crippen molar-refractivity contribution in [3.63, 3.8) is 0 Å². The Morgan fingerprint density at radius 2 is 1.68 bits per heavy atom. The van der Waals surface area contributed by atoms with Gasteiger partial charge in [0, 0.05) is 17.7 Å². The lowest BCUT2D eigenvalue weighted by atomic mass is 10.0. The number of nitrogens with one attached hydrogen (secondary N) is 2. The molecule has 0 aliphatic heterocycles. The van der Waals surface area contributed by atoms with Crippen LogP contribution in [0.5, 0.6) is 11.5 Å². The molecular formula is C16H20N2O4. The number of hydrogen-bond acceptors (Lipinski definition) is 4. The van der Waals surface area contributed by atoms with Crippen LogP contribution >= 0.6 is 0 Å². The van der Waals surface area contributed by atoms with Crippen LogP contribution in [0.2, 0.25) is 0 Å². The first-order valence-electron chi connectivity index (χ1n) is 7.25. The Morgan fingerprint density at radius 3 is 2.32 bits per heavy atom. The van der Waals surface area contributed by atoms with Gasteiger partial charge >= 0.3 is 5.69 Å². The Labute approximate surface area is 128 Å². The van der Waals surface area contributed by atoms with Gasteiger partial charge in [0.15, 0.2) is 11.5 Å². The summed E-state index contributed by atoms with van der Waals surface area (Å²) >= 11 is 0. The summed E-state index contributed by atoms with van der Waals surface area (Å²) in [5, 5.41) is 0. The van der Waals surface area contributed by atoms with E-state index in [1.54, 1.807) is 6.92 Å². The Bertz CT molecular complexity index is 761. The lowest BCUT2D eigenvalue weighted by Gasteiger charge is -2.12. The zero-order chi connectivity index (χ0) is 16.1. The summed E-state index contributed by atoms with van der Waals surface area (Å²) in [4.78, 5) is 28.0. The molecule has 2 aromatic rings. The molecule has 1 aromatic carbocycles. The predicted molar refractivity (Wildman–Crippen MR) is 84.0 cm³/mol. The fraction of sp³-hybridized carbons (Fsp3) is 0.375. The van der Waals surface area contributed by atoms with Gasteiger partial charge in [0.2, 0.25) is 0 Å². The van der Waals surface area contributed by atoms with Crippen molar-refractivity contribution in [2.75, 3.05) is 13.2 Å². The zero-order valence-electron chi connectivity index (χ0n) is 13.0. The molecule has 6 nitrogen and oxygen atoms in total. The van der Waals surface area contributed by atoms with Gasteiger partial charge in [-0.1, -0.05) is 6.07 Å². The van der Waals surface area contributed by atoms with Crippen LogP contribution in [0, 0.1) is 6.92 Å². The van der Waals surface area contributed by atoms with E-state index in [1.165, 1.54) is 0 Å². The van der Waals surface area contributed by atoms with E-state index < -0.39 is 5.69 Å². The van der Waals surface area contributed by atoms with Crippen LogP contribution in [0.25, 0.3) is 0 Å². The molecule has 0 aliphatic rings. The molecule has 0 aliphatic carbocycles. The fourth-order valence-corrected chi connectivity index (χ4v) is 2.25. The number of aromatic nitrogens is 2. The molecule has 0 radical (unpaired) electrons. The number of aromatic amines is 2. The lowest BCUT2D eigenvalue weighted by molar-refractivity contribution is 0.287. The number of rotatable bonds is 6. The van der Waals surface area contributed by atoms with Crippen LogP contribution in [0.3, 0.4) is 0 Å². The topological polar surface area (TPSA) is 84.2 Å². The highest BCUT2D eigenvalue weighted by Gasteiger charge is 2.10. The minimum absolute atomic E-state index is 0.368. The molecule has 6 heteroatoms. The smallest absolute Gasteiger partial charge is 0.325 e. The van der Waals surface area contributed by atoms with E-state index in [0.717, 1.165) is 5.56 Å². The van der Waals surface area contributed by atoms with Crippen LogP contribution in [-0.4, -0.2) is 23.2 Å². The molecule has 0 spiro atoms. The first kappa shape index (κ1) is 15.9. The molecule has 0 atom stereocenters. The molecule has 0 unspecified atom stereocenters. The largest absolute Gasteiger partial charge is 0.490 e. The normalized spacial score (nSPS) is 10.5. The third kappa shape index (κ3) is 3.58. The molecular weight excluding hydrogens is 284 g/mol. The molecule has 0 bridgehead atoms. The summed E-state index contributed by atoms with van der Waals surface area (Å²) in [6, 6.07) is 5.58. The standard InChI is InChI=1S/C16H20N2O4/c1-4-21-13-7-6-11(9-14(13)22-5-2)8-12-10(3)17-16(20)18-15(12)19/h6-7,9H,4-5,8H2,1-3H3,(H2,17,18,19,20). The predicted octanol–water partition coefficient (Wildman–Crippen LogP) is 1.76. The van der Waals surface area contributed by atoms with Crippen LogP contribution in [0.15, 0.2) is 27.8 Å². The van der Waals surface area contributed by atoms with E-state index >= 15 is 0 Å². The van der Waals surface area contributed by atoms with Crippen LogP contribution in [0.4, 0.5) is 0 Å². The summed E-state index contributed by atoms with van der Waals surface area (Å²) in [7, 11) is 0. The van der Waals surface area contributed by atoms with E-state index in [-0.39, 0.29) is 5.56 Å². The third-order valence-electron chi connectivity index (χ3n) is 3.24. The van der Waals surface area contributed by atoms with E-state index in [9.17, 15) is 9.59 Å². The first-order chi connectivity index (χ1) is 10.5. The summed E-state index contributed by atoms with van der Waals surface area (Å²) in [5.41, 5.74) is 1.15. The number of H-pyrrole nitrogens is 2. The molecule has 2 N–H and O–H groups in total. The van der Waals surface area contributed by atoms with Gasteiger partial charge in [-0.2, -0.15) is 0 Å². The summed E-state index contributed by atoms with van der Waals surface area (Å²) < 4.78 is 11.1. The van der Waals surface area contributed by atoms with Crippen molar-refractivity contribution in [1.82, 2.24) is 9.97 Å². The average Bonchev–Trinajstić information content (AvgIpc) is 2.46. The van der Waals surface area contributed by atoms with Crippen molar-refractivity contribution in [2.24, 2.45) is 0 Å². The van der Waals surface area contributed by atoms with Crippen molar-refractivity contribution < 1.29 is 9.47 Å². The minimum atomic E-state index is -0.493. The first-order valence-corrected chi connectivity index (χ1v) is 7.25. The fourth-order valence-electron chi connectivity index (χ4n) is 2.25. The second-order valence-corrected chi connectivity index (χ2v) is 4.84. The summed E-state index contributed by atoms with van der Waals surface area (Å²) in [6.45, 7) is 6.61. The molecule has 0 saturated heterocycles. The van der Waals surface area contributed by atoms with Gasteiger partial charge < -0.3 is 14.5 Å². The van der Waals surface area contributed by atoms with Crippen molar-refractivity contribution in [2.45, 2.75) is 27.2 Å². The Kier molecular flexibility index (Phi) is 5.04. The Morgan fingerprint density at radius 1 is 1.00 bits per heavy atom. The SMILES string of the molecule is CCOc1ccc(Cc2c(C)[nH]c(=O)[nH]c2=O)cc1OCC. The van der Waals surface area contributed by atoms with Crippen molar-refractivity contribution in [3.05, 3.63) is 55.9 Å². The minimum Gasteiger partial charge on any atom is -0.490 e. The quantitative estimate of drug-likeness (QED) is 0.851. The molecule has 1 aromatic heterocycles. The van der Waals surface area contributed by atoms with Gasteiger partial charge in [-0.05, 0) is 38.5 Å². The Balaban J connectivity index is 2.36. The van der Waals surface area contributed by atoms with Crippen LogP contribution in [-0.2, 0) is 6.42 Å². The maximum Gasteiger partial charge on any atom is 0.325 e. The van der Waals surface area contributed by atoms with Crippen LogP contribution in [0.1, 0.15) is 30.7 Å². The average molecular weight is 304 g/mol. The van der Waals surface area contributed by atoms with Gasteiger partial charge in [-0.15, -0.1) is 0 Å². The van der Waals surface area contributed by atoms with Gasteiger partial charge in [0.05, 0.1) is 13.2 Å². The second-order valence-electron chi connectivity index (χ2n) is 4.84. The number of aryl methyl sites for hydroxylation is 1. The molecule has 2 rings (SSSR count). The van der Waals surface area contributed by atoms with E-state index in [4.69, 9.17) is 9.47 Å². The van der Waals surface area contributed by atoms with Crippen molar-refractivity contribution >= 4 is 0 Å². The number of ether oxygens (including phenoxy) is 2. The van der Waals surface area contributed by atoms with E-state index in [0.29, 0.717) is 42.4 Å². The maximum absolute atomic E-state index is 11.9.